The molecule has 19 heavy (non-hydrogen) atoms. The fourth-order valence-corrected chi connectivity index (χ4v) is 2.80. The lowest BCUT2D eigenvalue weighted by Gasteiger charge is -2.23. The second-order valence-electron chi connectivity index (χ2n) is 5.37. The van der Waals surface area contributed by atoms with E-state index < -0.39 is 6.10 Å². The molecule has 1 aliphatic carbocycles. The molecule has 0 bridgehead atoms. The molecule has 1 atom stereocenters. The Kier molecular flexibility index (Phi) is 3.11. The Morgan fingerprint density at radius 3 is 2.42 bits per heavy atom. The number of halogens is 1. The largest absolute Gasteiger partial charge is 0.392 e. The molecule has 1 N–H and O–H groups in total. The highest BCUT2D eigenvalue weighted by molar-refractivity contribution is 5.34. The van der Waals surface area contributed by atoms with E-state index in [1.165, 1.54) is 17.7 Å². The molecule has 1 fully saturated rings. The van der Waals surface area contributed by atoms with Crippen LogP contribution < -0.4 is 0 Å². The van der Waals surface area contributed by atoms with E-state index in [-0.39, 0.29) is 11.2 Å². The van der Waals surface area contributed by atoms with E-state index in [1.54, 1.807) is 6.07 Å². The Hall–Kier alpha value is -1.67. The minimum absolute atomic E-state index is 0.117. The summed E-state index contributed by atoms with van der Waals surface area (Å²) in [6.45, 7) is 0. The molecule has 1 aliphatic rings. The van der Waals surface area contributed by atoms with Crippen LogP contribution in [0.15, 0.2) is 54.6 Å². The Bertz CT molecular complexity index is 560. The van der Waals surface area contributed by atoms with E-state index in [2.05, 4.69) is 12.1 Å². The highest BCUT2D eigenvalue weighted by Gasteiger charge is 2.49. The Morgan fingerprint density at radius 1 is 1.05 bits per heavy atom. The monoisotopic (exact) mass is 256 g/mol. The van der Waals surface area contributed by atoms with E-state index in [4.69, 9.17) is 0 Å². The van der Waals surface area contributed by atoms with Crippen molar-refractivity contribution in [3.63, 3.8) is 0 Å². The van der Waals surface area contributed by atoms with Gasteiger partial charge in [0.25, 0.3) is 0 Å². The molecule has 1 saturated carbocycles. The van der Waals surface area contributed by atoms with Crippen LogP contribution in [0, 0.1) is 5.82 Å². The summed E-state index contributed by atoms with van der Waals surface area (Å²) in [5.74, 6) is -0.241. The third kappa shape index (κ3) is 2.41. The summed E-state index contributed by atoms with van der Waals surface area (Å²) >= 11 is 0. The molecule has 0 radical (unpaired) electrons. The second-order valence-corrected chi connectivity index (χ2v) is 5.37. The van der Waals surface area contributed by atoms with Crippen molar-refractivity contribution < 1.29 is 9.50 Å². The first kappa shape index (κ1) is 12.4. The maximum Gasteiger partial charge on any atom is 0.123 e. The molecule has 1 nitrogen and oxygen atoms in total. The van der Waals surface area contributed by atoms with Gasteiger partial charge in [0.2, 0.25) is 0 Å². The molecule has 1 unspecified atom stereocenters. The number of hydrogen-bond donors (Lipinski definition) is 1. The molecule has 0 aromatic heterocycles. The van der Waals surface area contributed by atoms with Gasteiger partial charge in [-0.3, -0.25) is 0 Å². The molecular weight excluding hydrogens is 239 g/mol. The van der Waals surface area contributed by atoms with Crippen molar-refractivity contribution in [2.45, 2.75) is 30.8 Å². The molecule has 0 spiro atoms. The zero-order valence-electron chi connectivity index (χ0n) is 10.7. The Labute approximate surface area is 112 Å². The maximum absolute atomic E-state index is 13.2. The summed E-state index contributed by atoms with van der Waals surface area (Å²) in [5, 5.41) is 10.5. The van der Waals surface area contributed by atoms with Gasteiger partial charge in [-0.25, -0.2) is 4.39 Å². The Morgan fingerprint density at radius 2 is 1.79 bits per heavy atom. The van der Waals surface area contributed by atoms with Gasteiger partial charge in [0.15, 0.2) is 0 Å². The third-order valence-electron chi connectivity index (χ3n) is 4.09. The van der Waals surface area contributed by atoms with E-state index in [0.717, 1.165) is 18.4 Å². The predicted molar refractivity (Wildman–Crippen MR) is 73.5 cm³/mol. The van der Waals surface area contributed by atoms with Crippen LogP contribution in [0.2, 0.25) is 0 Å². The van der Waals surface area contributed by atoms with E-state index >= 15 is 0 Å². The normalized spacial score (nSPS) is 18.0. The number of hydrogen-bond acceptors (Lipinski definition) is 1. The van der Waals surface area contributed by atoms with Crippen LogP contribution in [0.4, 0.5) is 4.39 Å². The second kappa shape index (κ2) is 4.78. The van der Waals surface area contributed by atoms with Crippen LogP contribution >= 0.6 is 0 Å². The molecule has 0 aliphatic heterocycles. The highest BCUT2D eigenvalue weighted by atomic mass is 19.1. The van der Waals surface area contributed by atoms with Gasteiger partial charge in [-0.1, -0.05) is 42.5 Å². The zero-order chi connectivity index (χ0) is 13.3. The quantitative estimate of drug-likeness (QED) is 0.888. The van der Waals surface area contributed by atoms with E-state index in [1.807, 2.05) is 24.3 Å². The first-order valence-electron chi connectivity index (χ1n) is 6.69. The van der Waals surface area contributed by atoms with Crippen molar-refractivity contribution >= 4 is 0 Å². The Balaban J connectivity index is 1.79. The molecule has 0 heterocycles. The van der Waals surface area contributed by atoms with Gasteiger partial charge >= 0.3 is 0 Å². The number of benzene rings is 2. The smallest absolute Gasteiger partial charge is 0.123 e. The van der Waals surface area contributed by atoms with Gasteiger partial charge in [-0.15, -0.1) is 0 Å². The zero-order valence-corrected chi connectivity index (χ0v) is 10.7. The average Bonchev–Trinajstić information content (AvgIpc) is 3.21. The van der Waals surface area contributed by atoms with Crippen LogP contribution in [0.1, 0.15) is 24.0 Å². The van der Waals surface area contributed by atoms with Crippen molar-refractivity contribution in [3.05, 3.63) is 71.5 Å². The maximum atomic E-state index is 13.2. The molecular formula is C17H17FO. The lowest BCUT2D eigenvalue weighted by Crippen LogP contribution is -2.28. The van der Waals surface area contributed by atoms with Crippen LogP contribution in [0.25, 0.3) is 0 Å². The van der Waals surface area contributed by atoms with Crippen LogP contribution in [-0.4, -0.2) is 11.2 Å². The van der Waals surface area contributed by atoms with E-state index in [0.29, 0.717) is 6.42 Å². The first-order chi connectivity index (χ1) is 9.21. The summed E-state index contributed by atoms with van der Waals surface area (Å²) in [6.07, 6.45) is 2.07. The van der Waals surface area contributed by atoms with Crippen LogP contribution in [0.5, 0.6) is 0 Å². The topological polar surface area (TPSA) is 20.2 Å². The van der Waals surface area contributed by atoms with Gasteiger partial charge in [-0.2, -0.15) is 0 Å². The van der Waals surface area contributed by atoms with Gasteiger partial charge in [0, 0.05) is 5.41 Å². The van der Waals surface area contributed by atoms with Crippen LogP contribution in [0.3, 0.4) is 0 Å². The third-order valence-corrected chi connectivity index (χ3v) is 4.09. The van der Waals surface area contributed by atoms with Gasteiger partial charge in [0.1, 0.15) is 5.82 Å². The van der Waals surface area contributed by atoms with Crippen molar-refractivity contribution in [2.75, 3.05) is 0 Å². The summed E-state index contributed by atoms with van der Waals surface area (Å²) in [4.78, 5) is 0. The molecule has 0 saturated heterocycles. The molecule has 2 aromatic rings. The molecule has 98 valence electrons. The van der Waals surface area contributed by atoms with Crippen molar-refractivity contribution in [2.24, 2.45) is 0 Å². The van der Waals surface area contributed by atoms with Gasteiger partial charge < -0.3 is 5.11 Å². The van der Waals surface area contributed by atoms with Gasteiger partial charge in [0.05, 0.1) is 6.10 Å². The highest BCUT2D eigenvalue weighted by Crippen LogP contribution is 2.51. The summed E-state index contributed by atoms with van der Waals surface area (Å²) in [5.41, 5.74) is 1.93. The number of aliphatic hydroxyl groups is 1. The first-order valence-corrected chi connectivity index (χ1v) is 6.69. The fraction of sp³-hybridized carbons (Fsp3) is 0.294. The summed E-state index contributed by atoms with van der Waals surface area (Å²) in [7, 11) is 0. The lowest BCUT2D eigenvalue weighted by molar-refractivity contribution is 0.131. The molecule has 3 rings (SSSR count). The van der Waals surface area contributed by atoms with Gasteiger partial charge in [-0.05, 0) is 42.5 Å². The summed E-state index contributed by atoms with van der Waals surface area (Å²) < 4.78 is 13.2. The SMILES string of the molecule is OC(Cc1cccc(F)c1)C1(c2ccccc2)CC1. The average molecular weight is 256 g/mol. The van der Waals surface area contributed by atoms with Crippen molar-refractivity contribution in [1.29, 1.82) is 0 Å². The van der Waals surface area contributed by atoms with Crippen molar-refractivity contribution in [3.8, 4) is 0 Å². The number of rotatable bonds is 4. The van der Waals surface area contributed by atoms with Crippen LogP contribution in [-0.2, 0) is 11.8 Å². The van der Waals surface area contributed by atoms with E-state index in [9.17, 15) is 9.50 Å². The predicted octanol–water partition coefficient (Wildman–Crippen LogP) is 3.46. The number of aliphatic hydroxyl groups excluding tert-OH is 1. The molecule has 2 heteroatoms. The minimum Gasteiger partial charge on any atom is -0.392 e. The summed E-state index contributed by atoms with van der Waals surface area (Å²) in [6, 6.07) is 16.6. The minimum atomic E-state index is -0.448. The molecule has 2 aromatic carbocycles. The van der Waals surface area contributed by atoms with Crippen molar-refractivity contribution in [1.82, 2.24) is 0 Å². The fourth-order valence-electron chi connectivity index (χ4n) is 2.80. The lowest BCUT2D eigenvalue weighted by atomic mass is 9.86. The standard InChI is InChI=1S/C17H17FO/c18-15-8-4-5-13(11-15)12-16(19)17(9-10-17)14-6-2-1-3-7-14/h1-8,11,16,19H,9-10,12H2. The molecule has 0 amide bonds.